The molecule has 1 saturated carbocycles. The second kappa shape index (κ2) is 12.4. The molecule has 0 bridgehead atoms. The van der Waals surface area contributed by atoms with Crippen molar-refractivity contribution in [3.05, 3.63) is 0 Å². The van der Waals surface area contributed by atoms with E-state index in [2.05, 4.69) is 25.0 Å². The number of hydrogen-bond acceptors (Lipinski definition) is 2. The van der Waals surface area contributed by atoms with Crippen LogP contribution in [0.3, 0.4) is 0 Å². The van der Waals surface area contributed by atoms with Gasteiger partial charge < -0.3 is 11.1 Å². The Kier molecular flexibility index (Phi) is 14.1. The van der Waals surface area contributed by atoms with Crippen molar-refractivity contribution in [1.82, 2.24) is 5.32 Å². The summed E-state index contributed by atoms with van der Waals surface area (Å²) >= 11 is 0. The zero-order valence-corrected chi connectivity index (χ0v) is 10.1. The molecule has 0 atom stereocenters. The zero-order chi connectivity index (χ0) is 11.4. The highest BCUT2D eigenvalue weighted by atomic mass is 14.9. The molecule has 0 radical (unpaired) electrons. The van der Waals surface area contributed by atoms with E-state index < -0.39 is 0 Å². The van der Waals surface area contributed by atoms with Gasteiger partial charge >= 0.3 is 0 Å². The number of rotatable bonds is 1. The number of hydrogen-bond donors (Lipinski definition) is 3. The normalized spacial score (nSPS) is 24.9. The third-order valence-corrected chi connectivity index (χ3v) is 2.42. The van der Waals surface area contributed by atoms with Gasteiger partial charge in [-0.2, -0.15) is 0 Å². The fraction of sp³-hybridized carbons (Fsp3) is 0.909. The molecule has 0 spiro atoms. The summed E-state index contributed by atoms with van der Waals surface area (Å²) < 4.78 is 0. The molecular formula is C11H27N3. The minimum absolute atomic E-state index is 0.750. The van der Waals surface area contributed by atoms with Gasteiger partial charge in [0, 0.05) is 6.04 Å². The highest BCUT2D eigenvalue weighted by molar-refractivity contribution is 5.46. The molecule has 86 valence electrons. The molecule has 0 saturated heterocycles. The molecule has 1 aliphatic carbocycles. The first-order valence-corrected chi connectivity index (χ1v) is 5.62. The molecule has 0 aromatic rings. The predicted octanol–water partition coefficient (Wildman–Crippen LogP) is 2.36. The van der Waals surface area contributed by atoms with Gasteiger partial charge in [0.05, 0.1) is 6.34 Å². The smallest absolute Gasteiger partial charge is 0.0765 e. The third-order valence-electron chi connectivity index (χ3n) is 2.42. The summed E-state index contributed by atoms with van der Waals surface area (Å²) in [7, 11) is 2.07. The summed E-state index contributed by atoms with van der Waals surface area (Å²) in [6, 6.07) is 0.821. The topological polar surface area (TPSA) is 61.9 Å². The lowest BCUT2D eigenvalue weighted by Gasteiger charge is -2.25. The standard InChI is InChI=1S/C8H17N.C2H6.CH4N2/c1-7-3-5-8(9-2)6-4-7;1-2;2-1-3/h7-9H,3-6H2,1-2H3;1-2H3;1H,(H3,2,3). The summed E-state index contributed by atoms with van der Waals surface area (Å²) in [5.41, 5.74) is 4.39. The maximum atomic E-state index is 5.86. The van der Waals surface area contributed by atoms with Gasteiger partial charge in [-0.1, -0.05) is 20.8 Å². The molecule has 0 unspecified atom stereocenters. The number of nitrogens with two attached hydrogens (primary N) is 1. The maximum Gasteiger partial charge on any atom is 0.0765 e. The quantitative estimate of drug-likeness (QED) is 0.450. The van der Waals surface area contributed by atoms with Crippen LogP contribution in [0.1, 0.15) is 46.5 Å². The van der Waals surface area contributed by atoms with Crippen molar-refractivity contribution in [2.24, 2.45) is 11.7 Å². The van der Waals surface area contributed by atoms with Gasteiger partial charge in [-0.25, -0.2) is 0 Å². The second-order valence-electron chi connectivity index (χ2n) is 3.41. The molecule has 4 N–H and O–H groups in total. The molecule has 0 aliphatic heterocycles. The lowest BCUT2D eigenvalue weighted by Crippen LogP contribution is -2.29. The molecule has 0 aromatic heterocycles. The highest BCUT2D eigenvalue weighted by Crippen LogP contribution is 2.22. The lowest BCUT2D eigenvalue weighted by molar-refractivity contribution is 0.319. The van der Waals surface area contributed by atoms with Crippen LogP contribution in [-0.2, 0) is 0 Å². The van der Waals surface area contributed by atoms with Crippen molar-refractivity contribution in [2.75, 3.05) is 7.05 Å². The minimum atomic E-state index is 0.750. The fourth-order valence-electron chi connectivity index (χ4n) is 1.55. The Bertz CT molecular complexity index is 107. The highest BCUT2D eigenvalue weighted by Gasteiger charge is 2.15. The van der Waals surface area contributed by atoms with E-state index in [9.17, 15) is 0 Å². The van der Waals surface area contributed by atoms with Crippen molar-refractivity contribution in [1.29, 1.82) is 5.41 Å². The van der Waals surface area contributed by atoms with Gasteiger partial charge in [0.1, 0.15) is 0 Å². The van der Waals surface area contributed by atoms with E-state index in [0.717, 1.165) is 18.3 Å². The Morgan fingerprint density at radius 3 is 1.86 bits per heavy atom. The molecule has 3 nitrogen and oxygen atoms in total. The first kappa shape index (κ1) is 15.9. The van der Waals surface area contributed by atoms with Crippen LogP contribution in [0.4, 0.5) is 0 Å². The van der Waals surface area contributed by atoms with Gasteiger partial charge in [-0.15, -0.1) is 0 Å². The van der Waals surface area contributed by atoms with E-state index in [4.69, 9.17) is 5.41 Å². The first-order chi connectivity index (χ1) is 6.74. The van der Waals surface area contributed by atoms with E-state index in [1.807, 2.05) is 13.8 Å². The van der Waals surface area contributed by atoms with Gasteiger partial charge in [0.15, 0.2) is 0 Å². The van der Waals surface area contributed by atoms with Crippen molar-refractivity contribution in [3.8, 4) is 0 Å². The summed E-state index contributed by atoms with van der Waals surface area (Å²) in [4.78, 5) is 0. The van der Waals surface area contributed by atoms with Crippen LogP contribution < -0.4 is 11.1 Å². The molecule has 14 heavy (non-hydrogen) atoms. The molecule has 0 aromatic carbocycles. The molecule has 3 heteroatoms. The van der Waals surface area contributed by atoms with E-state index in [1.54, 1.807) is 0 Å². The maximum absolute atomic E-state index is 5.86. The Morgan fingerprint density at radius 1 is 1.21 bits per heavy atom. The average molecular weight is 201 g/mol. The van der Waals surface area contributed by atoms with Crippen LogP contribution in [0.25, 0.3) is 0 Å². The average Bonchev–Trinajstić information content (AvgIpc) is 2.23. The minimum Gasteiger partial charge on any atom is -0.390 e. The Morgan fingerprint density at radius 2 is 1.57 bits per heavy atom. The molecule has 1 aliphatic rings. The van der Waals surface area contributed by atoms with Crippen LogP contribution in [0.5, 0.6) is 0 Å². The Hall–Kier alpha value is -0.570. The van der Waals surface area contributed by atoms with Gasteiger partial charge in [-0.05, 0) is 38.6 Å². The molecule has 0 heterocycles. The Labute approximate surface area is 89.0 Å². The van der Waals surface area contributed by atoms with E-state index in [1.165, 1.54) is 25.7 Å². The van der Waals surface area contributed by atoms with Gasteiger partial charge in [-0.3, -0.25) is 5.41 Å². The predicted molar refractivity (Wildman–Crippen MR) is 64.8 cm³/mol. The van der Waals surface area contributed by atoms with Crippen LogP contribution in [-0.4, -0.2) is 19.4 Å². The van der Waals surface area contributed by atoms with E-state index in [0.29, 0.717) is 0 Å². The van der Waals surface area contributed by atoms with Gasteiger partial charge in [0.25, 0.3) is 0 Å². The van der Waals surface area contributed by atoms with Gasteiger partial charge in [0.2, 0.25) is 0 Å². The summed E-state index contributed by atoms with van der Waals surface area (Å²) in [6.45, 7) is 6.35. The van der Waals surface area contributed by atoms with Crippen molar-refractivity contribution in [2.45, 2.75) is 52.5 Å². The molecule has 1 fully saturated rings. The Balaban J connectivity index is 0. The summed E-state index contributed by atoms with van der Waals surface area (Å²) in [5, 5.41) is 9.19. The SMILES string of the molecule is CC.CNC1CCC(C)CC1.N=CN. The first-order valence-electron chi connectivity index (χ1n) is 5.62. The van der Waals surface area contributed by atoms with Crippen molar-refractivity contribution >= 4 is 6.34 Å². The van der Waals surface area contributed by atoms with Crippen LogP contribution in [0, 0.1) is 11.3 Å². The largest absolute Gasteiger partial charge is 0.390 e. The van der Waals surface area contributed by atoms with Crippen molar-refractivity contribution < 1.29 is 0 Å². The summed E-state index contributed by atoms with van der Waals surface area (Å²) in [5.74, 6) is 0.981. The molecule has 0 amide bonds. The monoisotopic (exact) mass is 201 g/mol. The lowest BCUT2D eigenvalue weighted by atomic mass is 9.87. The van der Waals surface area contributed by atoms with E-state index in [-0.39, 0.29) is 0 Å². The zero-order valence-electron chi connectivity index (χ0n) is 10.1. The number of nitrogens with one attached hydrogen (secondary N) is 2. The molecule has 1 rings (SSSR count). The third kappa shape index (κ3) is 9.52. The summed E-state index contributed by atoms with van der Waals surface area (Å²) in [6.07, 6.45) is 6.37. The van der Waals surface area contributed by atoms with Crippen molar-refractivity contribution in [3.63, 3.8) is 0 Å². The van der Waals surface area contributed by atoms with Crippen LogP contribution >= 0.6 is 0 Å². The molecular weight excluding hydrogens is 174 g/mol. The second-order valence-corrected chi connectivity index (χ2v) is 3.41. The van der Waals surface area contributed by atoms with Crippen LogP contribution in [0.15, 0.2) is 0 Å². The van der Waals surface area contributed by atoms with Crippen LogP contribution in [0.2, 0.25) is 0 Å². The van der Waals surface area contributed by atoms with E-state index >= 15 is 0 Å². The fourth-order valence-corrected chi connectivity index (χ4v) is 1.55.